The number of aromatic nitrogens is 2. The second kappa shape index (κ2) is 10.8. The van der Waals surface area contributed by atoms with E-state index in [1.54, 1.807) is 42.5 Å². The minimum absolute atomic E-state index is 0.117. The lowest BCUT2D eigenvalue weighted by atomic mass is 10.2. The van der Waals surface area contributed by atoms with Crippen LogP contribution >= 0.6 is 0 Å². The van der Waals surface area contributed by atoms with Gasteiger partial charge in [-0.05, 0) is 80.6 Å². The second-order valence-electron chi connectivity index (χ2n) is 10.4. The van der Waals surface area contributed by atoms with E-state index < -0.39 is 10.1 Å². The number of anilines is 4. The smallest absolute Gasteiger partial charge is 0.339 e. The van der Waals surface area contributed by atoms with Crippen LogP contribution in [0.5, 0.6) is 5.75 Å². The number of rotatable bonds is 8. The normalized spacial score (nSPS) is 17.0. The van der Waals surface area contributed by atoms with Gasteiger partial charge in [0.1, 0.15) is 10.6 Å². The number of fused-ring (bicyclic) bond motifs is 1. The van der Waals surface area contributed by atoms with Gasteiger partial charge in [-0.1, -0.05) is 12.8 Å². The number of likely N-dealkylation sites (N-methyl/N-ethyl adjacent to an activating group) is 1. The lowest BCUT2D eigenvalue weighted by Crippen LogP contribution is -2.44. The van der Waals surface area contributed by atoms with Gasteiger partial charge < -0.3 is 29.6 Å². The number of benzene rings is 3. The Balaban J connectivity index is 1.10. The first-order valence-electron chi connectivity index (χ1n) is 13.5. The third-order valence-corrected chi connectivity index (χ3v) is 8.79. The van der Waals surface area contributed by atoms with Crippen molar-refractivity contribution in [3.8, 4) is 5.75 Å². The van der Waals surface area contributed by atoms with Crippen LogP contribution in [0.3, 0.4) is 0 Å². The maximum Gasteiger partial charge on any atom is 0.339 e. The Labute approximate surface area is 229 Å². The molecule has 1 saturated carbocycles. The average Bonchev–Trinajstić information content (AvgIpc) is 3.59. The molecule has 2 fully saturated rings. The number of hydrogen-bond donors (Lipinski definition) is 3. The first kappa shape index (κ1) is 25.5. The van der Waals surface area contributed by atoms with Crippen LogP contribution in [0.2, 0.25) is 0 Å². The van der Waals surface area contributed by atoms with Crippen LogP contribution in [0.25, 0.3) is 11.0 Å². The van der Waals surface area contributed by atoms with Crippen molar-refractivity contribution in [1.82, 2.24) is 14.9 Å². The number of hydrogen-bond acceptors (Lipinski definition) is 8. The van der Waals surface area contributed by atoms with E-state index in [-0.39, 0.29) is 10.6 Å². The first-order valence-corrected chi connectivity index (χ1v) is 14.9. The summed E-state index contributed by atoms with van der Waals surface area (Å²) in [4.78, 5) is 12.6. The Morgan fingerprint density at radius 1 is 0.897 bits per heavy atom. The van der Waals surface area contributed by atoms with Crippen molar-refractivity contribution < 1.29 is 12.6 Å². The molecule has 3 aromatic carbocycles. The number of aromatic amines is 1. The van der Waals surface area contributed by atoms with Gasteiger partial charge in [-0.25, -0.2) is 4.98 Å². The molecule has 0 bridgehead atoms. The first-order chi connectivity index (χ1) is 18.9. The molecular formula is C29H34N6O3S. The molecule has 2 heterocycles. The predicted molar refractivity (Wildman–Crippen MR) is 156 cm³/mol. The zero-order chi connectivity index (χ0) is 26.8. The molecule has 1 aliphatic carbocycles. The summed E-state index contributed by atoms with van der Waals surface area (Å²) >= 11 is 0. The van der Waals surface area contributed by atoms with E-state index in [2.05, 4.69) is 49.6 Å². The van der Waals surface area contributed by atoms with Gasteiger partial charge in [-0.2, -0.15) is 8.42 Å². The third-order valence-electron chi connectivity index (χ3n) is 7.53. The quantitative estimate of drug-likeness (QED) is 0.260. The van der Waals surface area contributed by atoms with Gasteiger partial charge in [0.25, 0.3) is 0 Å². The van der Waals surface area contributed by atoms with Gasteiger partial charge in [0.15, 0.2) is 0 Å². The lowest BCUT2D eigenvalue weighted by Gasteiger charge is -2.34. The Hall–Kier alpha value is -3.76. The standard InChI is InChI=1S/C29H34N6O3S/c1-34-16-18-35(19-17-34)24-10-6-23(7-11-24)31-29-32-27-15-12-25(20-28(27)33-29)38-39(36,37)26-13-8-22(9-14-26)30-21-4-2-3-5-21/h6-15,20-21,30H,2-5,16-19H2,1H3,(H2,31,32,33). The summed E-state index contributed by atoms with van der Waals surface area (Å²) in [5.41, 5.74) is 4.43. The Kier molecular flexibility index (Phi) is 7.05. The molecule has 6 rings (SSSR count). The highest BCUT2D eigenvalue weighted by molar-refractivity contribution is 7.87. The number of nitrogens with zero attached hydrogens (tertiary/aromatic N) is 3. The van der Waals surface area contributed by atoms with Gasteiger partial charge in [0.2, 0.25) is 5.95 Å². The lowest BCUT2D eigenvalue weighted by molar-refractivity contribution is 0.313. The zero-order valence-corrected chi connectivity index (χ0v) is 22.9. The monoisotopic (exact) mass is 546 g/mol. The van der Waals surface area contributed by atoms with Crippen molar-refractivity contribution in [2.24, 2.45) is 0 Å². The van der Waals surface area contributed by atoms with Crippen LogP contribution in [-0.2, 0) is 10.1 Å². The maximum atomic E-state index is 12.9. The summed E-state index contributed by atoms with van der Waals surface area (Å²) < 4.78 is 31.3. The predicted octanol–water partition coefficient (Wildman–Crippen LogP) is 5.18. The van der Waals surface area contributed by atoms with E-state index in [1.807, 2.05) is 12.1 Å². The summed E-state index contributed by atoms with van der Waals surface area (Å²) in [6.07, 6.45) is 4.78. The van der Waals surface area contributed by atoms with Crippen molar-refractivity contribution in [3.63, 3.8) is 0 Å². The highest BCUT2D eigenvalue weighted by atomic mass is 32.2. The Morgan fingerprint density at radius 2 is 1.59 bits per heavy atom. The molecular weight excluding hydrogens is 512 g/mol. The molecule has 1 saturated heterocycles. The number of piperazine rings is 1. The van der Waals surface area contributed by atoms with Crippen LogP contribution in [0.1, 0.15) is 25.7 Å². The molecule has 2 aliphatic rings. The zero-order valence-electron chi connectivity index (χ0n) is 22.1. The van der Waals surface area contributed by atoms with Gasteiger partial charge in [-0.3, -0.25) is 0 Å². The molecule has 0 atom stereocenters. The number of H-pyrrole nitrogens is 1. The highest BCUT2D eigenvalue weighted by Crippen LogP contribution is 2.27. The van der Waals surface area contributed by atoms with Crippen molar-refractivity contribution in [2.45, 2.75) is 36.6 Å². The van der Waals surface area contributed by atoms with Crippen molar-refractivity contribution in [1.29, 1.82) is 0 Å². The number of nitrogens with one attached hydrogen (secondary N) is 3. The molecule has 9 nitrogen and oxygen atoms in total. The molecule has 0 unspecified atom stereocenters. The van der Waals surface area contributed by atoms with E-state index in [1.165, 1.54) is 18.5 Å². The van der Waals surface area contributed by atoms with E-state index in [4.69, 9.17) is 4.18 Å². The van der Waals surface area contributed by atoms with Crippen molar-refractivity contribution >= 4 is 44.2 Å². The highest BCUT2D eigenvalue weighted by Gasteiger charge is 2.19. The summed E-state index contributed by atoms with van der Waals surface area (Å²) in [6.45, 7) is 4.18. The third kappa shape index (κ3) is 5.97. The molecule has 204 valence electrons. The van der Waals surface area contributed by atoms with Crippen molar-refractivity contribution in [3.05, 3.63) is 66.7 Å². The summed E-state index contributed by atoms with van der Waals surface area (Å²) in [6, 6.07) is 20.5. The minimum Gasteiger partial charge on any atom is -0.382 e. The fraction of sp³-hybridized carbons (Fsp3) is 0.345. The number of imidazole rings is 1. The van der Waals surface area contributed by atoms with E-state index in [0.717, 1.165) is 50.4 Å². The van der Waals surface area contributed by atoms with Crippen LogP contribution in [0.15, 0.2) is 71.6 Å². The Morgan fingerprint density at radius 3 is 2.31 bits per heavy atom. The van der Waals surface area contributed by atoms with Crippen LogP contribution in [0.4, 0.5) is 23.0 Å². The second-order valence-corrected chi connectivity index (χ2v) is 12.0. The molecule has 10 heteroatoms. The summed E-state index contributed by atoms with van der Waals surface area (Å²) in [7, 11) is -1.82. The van der Waals surface area contributed by atoms with Gasteiger partial charge in [0, 0.05) is 55.3 Å². The average molecular weight is 547 g/mol. The maximum absolute atomic E-state index is 12.9. The van der Waals surface area contributed by atoms with E-state index in [9.17, 15) is 8.42 Å². The van der Waals surface area contributed by atoms with Gasteiger partial charge in [0.05, 0.1) is 11.0 Å². The van der Waals surface area contributed by atoms with Gasteiger partial charge >= 0.3 is 10.1 Å². The van der Waals surface area contributed by atoms with Gasteiger partial charge in [-0.15, -0.1) is 0 Å². The van der Waals surface area contributed by atoms with E-state index in [0.29, 0.717) is 23.0 Å². The molecule has 3 N–H and O–H groups in total. The molecule has 4 aromatic rings. The molecule has 1 aromatic heterocycles. The summed E-state index contributed by atoms with van der Waals surface area (Å²) in [5, 5.41) is 6.77. The van der Waals surface area contributed by atoms with Crippen LogP contribution in [-0.4, -0.2) is 62.6 Å². The van der Waals surface area contributed by atoms with Crippen molar-refractivity contribution in [2.75, 3.05) is 48.8 Å². The Bertz CT molecular complexity index is 1520. The molecule has 0 spiro atoms. The molecule has 39 heavy (non-hydrogen) atoms. The molecule has 0 amide bonds. The fourth-order valence-corrected chi connectivity index (χ4v) is 6.18. The largest absolute Gasteiger partial charge is 0.382 e. The fourth-order valence-electron chi connectivity index (χ4n) is 5.26. The minimum atomic E-state index is -3.97. The molecule has 0 radical (unpaired) electrons. The summed E-state index contributed by atoms with van der Waals surface area (Å²) in [5.74, 6) is 0.796. The van der Waals surface area contributed by atoms with E-state index >= 15 is 0 Å². The molecule has 1 aliphatic heterocycles. The SMILES string of the molecule is CN1CCN(c2ccc(Nc3nc4ccc(OS(=O)(=O)c5ccc(NC6CCCC6)cc5)cc4[nH]3)cc2)CC1. The van der Waals surface area contributed by atoms with Crippen LogP contribution < -0.4 is 19.7 Å². The topological polar surface area (TPSA) is 103 Å². The van der Waals surface area contributed by atoms with Crippen LogP contribution in [0, 0.1) is 0 Å².